The molecule has 2 aromatic rings. The maximum Gasteiger partial charge on any atom is 0.347 e. The molecule has 0 atom stereocenters. The fourth-order valence-corrected chi connectivity index (χ4v) is 1.45. The molecular formula is C12H12FN3O. The Morgan fingerprint density at radius 2 is 2.06 bits per heavy atom. The van der Waals surface area contributed by atoms with Crippen LogP contribution in [0.2, 0.25) is 0 Å². The Hall–Kier alpha value is -2.17. The summed E-state index contributed by atoms with van der Waals surface area (Å²) in [5, 5.41) is 3.09. The summed E-state index contributed by atoms with van der Waals surface area (Å²) in [6, 6.07) is 7.79. The zero-order chi connectivity index (χ0) is 12.1. The first-order chi connectivity index (χ1) is 8.25. The van der Waals surface area contributed by atoms with Crippen molar-refractivity contribution in [2.24, 2.45) is 0 Å². The highest BCUT2D eigenvalue weighted by Gasteiger charge is 1.95. The summed E-state index contributed by atoms with van der Waals surface area (Å²) in [6.45, 7) is 1.10. The van der Waals surface area contributed by atoms with E-state index in [2.05, 4.69) is 10.3 Å². The highest BCUT2D eigenvalue weighted by atomic mass is 19.1. The van der Waals surface area contributed by atoms with Gasteiger partial charge in [-0.15, -0.1) is 0 Å². The first-order valence-corrected chi connectivity index (χ1v) is 5.26. The monoisotopic (exact) mass is 233 g/mol. The molecule has 0 spiro atoms. The third-order valence-electron chi connectivity index (χ3n) is 2.31. The molecule has 0 amide bonds. The minimum absolute atomic E-state index is 0.265. The quantitative estimate of drug-likeness (QED) is 0.870. The van der Waals surface area contributed by atoms with Crippen LogP contribution in [0.4, 0.5) is 10.1 Å². The summed E-state index contributed by atoms with van der Waals surface area (Å²) in [6.07, 6.45) is 3.15. The third-order valence-corrected chi connectivity index (χ3v) is 2.31. The number of nitrogens with zero attached hydrogens (tertiary/aromatic N) is 2. The van der Waals surface area contributed by atoms with E-state index in [0.717, 1.165) is 5.69 Å². The lowest BCUT2D eigenvalue weighted by atomic mass is 10.3. The van der Waals surface area contributed by atoms with Gasteiger partial charge < -0.3 is 5.32 Å². The van der Waals surface area contributed by atoms with Gasteiger partial charge in [-0.2, -0.15) is 0 Å². The molecule has 0 aliphatic rings. The molecule has 0 aliphatic heterocycles. The van der Waals surface area contributed by atoms with E-state index in [4.69, 9.17) is 0 Å². The number of halogens is 1. The second-order valence-electron chi connectivity index (χ2n) is 3.53. The standard InChI is InChI=1S/C12H12FN3O/c13-10-2-4-11(5-3-10)14-7-9-16-8-1-6-15-12(16)17/h1-6,8,14H,7,9H2. The third kappa shape index (κ3) is 3.14. The number of nitrogens with one attached hydrogen (secondary N) is 1. The van der Waals surface area contributed by atoms with Crippen molar-refractivity contribution in [3.63, 3.8) is 0 Å². The van der Waals surface area contributed by atoms with Gasteiger partial charge in [-0.1, -0.05) is 0 Å². The SMILES string of the molecule is O=c1ncccn1CCNc1ccc(F)cc1. The van der Waals surface area contributed by atoms with E-state index in [1.807, 2.05) is 0 Å². The first kappa shape index (κ1) is 11.3. The molecule has 4 nitrogen and oxygen atoms in total. The van der Waals surface area contributed by atoms with Crippen molar-refractivity contribution in [3.8, 4) is 0 Å². The molecule has 0 fully saturated rings. The molecule has 0 radical (unpaired) electrons. The van der Waals surface area contributed by atoms with Crippen molar-refractivity contribution in [3.05, 3.63) is 59.0 Å². The average molecular weight is 233 g/mol. The molecule has 0 bridgehead atoms. The van der Waals surface area contributed by atoms with Gasteiger partial charge in [-0.25, -0.2) is 14.2 Å². The van der Waals surface area contributed by atoms with Crippen LogP contribution in [0, 0.1) is 5.82 Å². The lowest BCUT2D eigenvalue weighted by Gasteiger charge is -2.07. The molecule has 1 aromatic heterocycles. The lowest BCUT2D eigenvalue weighted by molar-refractivity contribution is 0.628. The lowest BCUT2D eigenvalue weighted by Crippen LogP contribution is -2.24. The zero-order valence-electron chi connectivity index (χ0n) is 9.14. The Kier molecular flexibility index (Phi) is 3.49. The fourth-order valence-electron chi connectivity index (χ4n) is 1.45. The Bertz CT molecular complexity index is 536. The van der Waals surface area contributed by atoms with Crippen LogP contribution in [0.1, 0.15) is 0 Å². The van der Waals surface area contributed by atoms with Crippen LogP contribution < -0.4 is 11.0 Å². The molecule has 1 aromatic carbocycles. The van der Waals surface area contributed by atoms with Crippen molar-refractivity contribution < 1.29 is 4.39 Å². The Morgan fingerprint density at radius 3 is 2.76 bits per heavy atom. The second-order valence-corrected chi connectivity index (χ2v) is 3.53. The van der Waals surface area contributed by atoms with E-state index in [1.54, 1.807) is 24.4 Å². The molecule has 0 saturated heterocycles. The average Bonchev–Trinajstić information content (AvgIpc) is 2.34. The molecule has 5 heteroatoms. The summed E-state index contributed by atoms with van der Waals surface area (Å²) < 4.78 is 14.2. The van der Waals surface area contributed by atoms with Gasteiger partial charge >= 0.3 is 5.69 Å². The number of rotatable bonds is 4. The van der Waals surface area contributed by atoms with Gasteiger partial charge in [-0.3, -0.25) is 4.57 Å². The predicted octanol–water partition coefficient (Wildman–Crippen LogP) is 1.49. The predicted molar refractivity (Wildman–Crippen MR) is 63.4 cm³/mol. The van der Waals surface area contributed by atoms with Crippen LogP contribution in [0.3, 0.4) is 0 Å². The van der Waals surface area contributed by atoms with E-state index in [-0.39, 0.29) is 11.5 Å². The van der Waals surface area contributed by atoms with Crippen molar-refractivity contribution in [1.82, 2.24) is 9.55 Å². The largest absolute Gasteiger partial charge is 0.383 e. The van der Waals surface area contributed by atoms with Crippen LogP contribution in [0.5, 0.6) is 0 Å². The van der Waals surface area contributed by atoms with Crippen LogP contribution in [0.25, 0.3) is 0 Å². The summed E-state index contributed by atoms with van der Waals surface area (Å²) in [5.41, 5.74) is 0.553. The molecule has 17 heavy (non-hydrogen) atoms. The maximum absolute atomic E-state index is 12.6. The molecule has 1 N–H and O–H groups in total. The van der Waals surface area contributed by atoms with Crippen LogP contribution in [0.15, 0.2) is 47.5 Å². The highest BCUT2D eigenvalue weighted by molar-refractivity contribution is 5.42. The number of benzene rings is 1. The van der Waals surface area contributed by atoms with Gasteiger partial charge in [-0.05, 0) is 30.3 Å². The van der Waals surface area contributed by atoms with Crippen LogP contribution in [-0.4, -0.2) is 16.1 Å². The fraction of sp³-hybridized carbons (Fsp3) is 0.167. The minimum Gasteiger partial charge on any atom is -0.383 e. The van der Waals surface area contributed by atoms with Gasteiger partial charge in [0.2, 0.25) is 0 Å². The summed E-state index contributed by atoms with van der Waals surface area (Å²) in [4.78, 5) is 14.9. The number of hydrogen-bond donors (Lipinski definition) is 1. The van der Waals surface area contributed by atoms with Crippen molar-refractivity contribution >= 4 is 5.69 Å². The van der Waals surface area contributed by atoms with Gasteiger partial charge in [0, 0.05) is 31.2 Å². The van der Waals surface area contributed by atoms with E-state index >= 15 is 0 Å². The molecule has 0 aliphatic carbocycles. The Labute approximate surface area is 97.7 Å². The van der Waals surface area contributed by atoms with Gasteiger partial charge in [0.05, 0.1) is 0 Å². The Balaban J connectivity index is 1.90. The molecule has 88 valence electrons. The molecule has 1 heterocycles. The molecule has 2 rings (SSSR count). The number of aromatic nitrogens is 2. The second kappa shape index (κ2) is 5.25. The van der Waals surface area contributed by atoms with Crippen molar-refractivity contribution in [2.45, 2.75) is 6.54 Å². The van der Waals surface area contributed by atoms with Gasteiger partial charge in [0.1, 0.15) is 5.82 Å². The number of hydrogen-bond acceptors (Lipinski definition) is 3. The summed E-state index contributed by atoms with van der Waals surface area (Å²) in [7, 11) is 0. The topological polar surface area (TPSA) is 46.9 Å². The van der Waals surface area contributed by atoms with Gasteiger partial charge in [0.15, 0.2) is 0 Å². The molecule has 0 unspecified atom stereocenters. The van der Waals surface area contributed by atoms with E-state index < -0.39 is 0 Å². The smallest absolute Gasteiger partial charge is 0.347 e. The Morgan fingerprint density at radius 1 is 1.29 bits per heavy atom. The van der Waals surface area contributed by atoms with Crippen LogP contribution in [-0.2, 0) is 6.54 Å². The maximum atomic E-state index is 12.6. The van der Waals surface area contributed by atoms with E-state index in [0.29, 0.717) is 13.1 Å². The highest BCUT2D eigenvalue weighted by Crippen LogP contribution is 2.07. The van der Waals surface area contributed by atoms with E-state index in [1.165, 1.54) is 22.9 Å². The molecule has 0 saturated carbocycles. The molecular weight excluding hydrogens is 221 g/mol. The summed E-state index contributed by atoms with van der Waals surface area (Å²) >= 11 is 0. The van der Waals surface area contributed by atoms with Crippen LogP contribution >= 0.6 is 0 Å². The van der Waals surface area contributed by atoms with Crippen molar-refractivity contribution in [1.29, 1.82) is 0 Å². The van der Waals surface area contributed by atoms with Gasteiger partial charge in [0.25, 0.3) is 0 Å². The first-order valence-electron chi connectivity index (χ1n) is 5.26. The number of anilines is 1. The minimum atomic E-state index is -0.270. The van der Waals surface area contributed by atoms with E-state index in [9.17, 15) is 9.18 Å². The van der Waals surface area contributed by atoms with Crippen molar-refractivity contribution in [2.75, 3.05) is 11.9 Å². The normalized spacial score (nSPS) is 10.2. The summed E-state index contributed by atoms with van der Waals surface area (Å²) in [5.74, 6) is -0.265. The zero-order valence-corrected chi connectivity index (χ0v) is 9.14.